The Labute approximate surface area is 125 Å². The van der Waals surface area contributed by atoms with Crippen molar-refractivity contribution >= 4 is 17.5 Å². The van der Waals surface area contributed by atoms with Crippen molar-refractivity contribution in [1.29, 1.82) is 0 Å². The molecule has 1 aromatic rings. The van der Waals surface area contributed by atoms with E-state index in [2.05, 4.69) is 5.32 Å². The third-order valence-corrected chi connectivity index (χ3v) is 4.59. The monoisotopic (exact) mass is 286 g/mol. The summed E-state index contributed by atoms with van der Waals surface area (Å²) in [6.45, 7) is 0.585. The number of carbonyl (C=O) groups is 2. The fourth-order valence-electron chi connectivity index (χ4n) is 3.42. The molecule has 1 saturated heterocycles. The molecule has 1 aliphatic carbocycles. The van der Waals surface area contributed by atoms with Gasteiger partial charge in [-0.3, -0.25) is 9.59 Å². The maximum atomic E-state index is 12.3. The number of carbonyl (C=O) groups excluding carboxylic acids is 2. The summed E-state index contributed by atoms with van der Waals surface area (Å²) in [5.41, 5.74) is 0.797. The highest BCUT2D eigenvalue weighted by Crippen LogP contribution is 2.29. The standard InChI is InChI=1S/C17H22N2O2/c20-16-11-13(12-19(16)15-9-5-2-6-10-15)17(21)18-14-7-3-1-4-8-14/h1,3-4,7-8,13,15H,2,5-6,9-12H2,(H,18,21)/t13-/m0/s1. The Kier molecular flexibility index (Phi) is 4.23. The Balaban J connectivity index is 1.60. The summed E-state index contributed by atoms with van der Waals surface area (Å²) in [5.74, 6) is -0.0948. The minimum absolute atomic E-state index is 0.0344. The molecule has 1 atom stereocenters. The molecule has 0 bridgehead atoms. The van der Waals surface area contributed by atoms with Gasteiger partial charge in [0.05, 0.1) is 5.92 Å². The lowest BCUT2D eigenvalue weighted by Gasteiger charge is -2.31. The van der Waals surface area contributed by atoms with Gasteiger partial charge in [0.1, 0.15) is 0 Å². The number of hydrogen-bond acceptors (Lipinski definition) is 2. The summed E-state index contributed by atoms with van der Waals surface area (Å²) in [7, 11) is 0. The number of nitrogens with zero attached hydrogens (tertiary/aromatic N) is 1. The van der Waals surface area contributed by atoms with Crippen molar-refractivity contribution in [1.82, 2.24) is 4.90 Å². The lowest BCUT2D eigenvalue weighted by Crippen LogP contribution is -2.38. The zero-order valence-electron chi connectivity index (χ0n) is 12.3. The van der Waals surface area contributed by atoms with Gasteiger partial charge in [-0.1, -0.05) is 37.5 Å². The van der Waals surface area contributed by atoms with E-state index in [0.29, 0.717) is 19.0 Å². The number of benzene rings is 1. The number of nitrogens with one attached hydrogen (secondary N) is 1. The summed E-state index contributed by atoms with van der Waals surface area (Å²) in [4.78, 5) is 26.4. The molecule has 21 heavy (non-hydrogen) atoms. The molecule has 4 nitrogen and oxygen atoms in total. The van der Waals surface area contributed by atoms with E-state index in [9.17, 15) is 9.59 Å². The van der Waals surface area contributed by atoms with E-state index in [1.165, 1.54) is 19.3 Å². The van der Waals surface area contributed by atoms with Crippen molar-refractivity contribution in [2.24, 2.45) is 5.92 Å². The van der Waals surface area contributed by atoms with Gasteiger partial charge in [-0.25, -0.2) is 0 Å². The number of hydrogen-bond donors (Lipinski definition) is 1. The van der Waals surface area contributed by atoms with E-state index in [0.717, 1.165) is 18.5 Å². The van der Waals surface area contributed by atoms with Crippen LogP contribution in [0.4, 0.5) is 5.69 Å². The molecule has 1 aliphatic heterocycles. The minimum Gasteiger partial charge on any atom is -0.339 e. The van der Waals surface area contributed by atoms with Gasteiger partial charge in [-0.15, -0.1) is 0 Å². The van der Waals surface area contributed by atoms with E-state index in [4.69, 9.17) is 0 Å². The molecule has 1 aromatic carbocycles. The fraction of sp³-hybridized carbons (Fsp3) is 0.529. The number of likely N-dealkylation sites (tertiary alicyclic amines) is 1. The third-order valence-electron chi connectivity index (χ3n) is 4.59. The number of amides is 2. The van der Waals surface area contributed by atoms with Gasteiger partial charge in [-0.05, 0) is 25.0 Å². The molecular formula is C17H22N2O2. The Hall–Kier alpha value is -1.84. The van der Waals surface area contributed by atoms with Crippen molar-refractivity contribution in [3.63, 3.8) is 0 Å². The molecule has 112 valence electrons. The minimum atomic E-state index is -0.209. The highest BCUT2D eigenvalue weighted by molar-refractivity contribution is 5.97. The Bertz CT molecular complexity index is 509. The Morgan fingerprint density at radius 3 is 2.52 bits per heavy atom. The summed E-state index contributed by atoms with van der Waals surface area (Å²) in [5, 5.41) is 2.91. The van der Waals surface area contributed by atoms with E-state index in [1.807, 2.05) is 35.2 Å². The van der Waals surface area contributed by atoms with E-state index in [-0.39, 0.29) is 17.7 Å². The van der Waals surface area contributed by atoms with Crippen LogP contribution < -0.4 is 5.32 Å². The summed E-state index contributed by atoms with van der Waals surface area (Å²) in [6, 6.07) is 9.80. The fourth-order valence-corrected chi connectivity index (χ4v) is 3.42. The predicted octanol–water partition coefficient (Wildman–Crippen LogP) is 2.81. The second-order valence-corrected chi connectivity index (χ2v) is 6.09. The SMILES string of the molecule is O=C(Nc1ccccc1)[C@H]1CC(=O)N(C2CCCCC2)C1. The quantitative estimate of drug-likeness (QED) is 0.929. The molecular weight excluding hydrogens is 264 g/mol. The number of anilines is 1. The van der Waals surface area contributed by atoms with Crippen LogP contribution in [0, 0.1) is 5.92 Å². The van der Waals surface area contributed by atoms with E-state index >= 15 is 0 Å². The van der Waals surface area contributed by atoms with Gasteiger partial charge in [-0.2, -0.15) is 0 Å². The van der Waals surface area contributed by atoms with E-state index in [1.54, 1.807) is 0 Å². The van der Waals surface area contributed by atoms with Crippen LogP contribution >= 0.6 is 0 Å². The van der Waals surface area contributed by atoms with Crippen LogP contribution in [-0.4, -0.2) is 29.3 Å². The molecule has 2 aliphatic rings. The first-order valence-electron chi connectivity index (χ1n) is 7.89. The first kappa shape index (κ1) is 14.1. The lowest BCUT2D eigenvalue weighted by atomic mass is 9.94. The summed E-state index contributed by atoms with van der Waals surface area (Å²) >= 11 is 0. The largest absolute Gasteiger partial charge is 0.339 e. The molecule has 0 radical (unpaired) electrons. The van der Waals surface area contributed by atoms with Crippen LogP contribution in [0.25, 0.3) is 0 Å². The number of para-hydroxylation sites is 1. The van der Waals surface area contributed by atoms with Gasteiger partial charge in [0.15, 0.2) is 0 Å². The van der Waals surface area contributed by atoms with Crippen LogP contribution in [0.1, 0.15) is 38.5 Å². The van der Waals surface area contributed by atoms with Crippen molar-refractivity contribution in [2.75, 3.05) is 11.9 Å². The van der Waals surface area contributed by atoms with Crippen LogP contribution in [0.2, 0.25) is 0 Å². The normalized spacial score (nSPS) is 23.3. The first-order chi connectivity index (χ1) is 10.2. The second kappa shape index (κ2) is 6.29. The van der Waals surface area contributed by atoms with Crippen LogP contribution in [-0.2, 0) is 9.59 Å². The molecule has 2 amide bonds. The maximum Gasteiger partial charge on any atom is 0.229 e. The van der Waals surface area contributed by atoms with Gasteiger partial charge in [0.2, 0.25) is 11.8 Å². The van der Waals surface area contributed by atoms with Gasteiger partial charge >= 0.3 is 0 Å². The summed E-state index contributed by atoms with van der Waals surface area (Å²) < 4.78 is 0. The maximum absolute atomic E-state index is 12.3. The zero-order valence-corrected chi connectivity index (χ0v) is 12.3. The highest BCUT2D eigenvalue weighted by atomic mass is 16.2. The molecule has 0 spiro atoms. The van der Waals surface area contributed by atoms with Crippen molar-refractivity contribution in [2.45, 2.75) is 44.6 Å². The van der Waals surface area contributed by atoms with Crippen LogP contribution in [0.15, 0.2) is 30.3 Å². The topological polar surface area (TPSA) is 49.4 Å². The second-order valence-electron chi connectivity index (χ2n) is 6.09. The predicted molar refractivity (Wildman–Crippen MR) is 81.8 cm³/mol. The zero-order chi connectivity index (χ0) is 14.7. The molecule has 3 rings (SSSR count). The van der Waals surface area contributed by atoms with Crippen LogP contribution in [0.3, 0.4) is 0 Å². The lowest BCUT2D eigenvalue weighted by molar-refractivity contribution is -0.130. The smallest absolute Gasteiger partial charge is 0.229 e. The van der Waals surface area contributed by atoms with Crippen molar-refractivity contribution < 1.29 is 9.59 Å². The third kappa shape index (κ3) is 3.26. The van der Waals surface area contributed by atoms with E-state index < -0.39 is 0 Å². The molecule has 2 fully saturated rings. The van der Waals surface area contributed by atoms with Crippen molar-refractivity contribution in [3.8, 4) is 0 Å². The van der Waals surface area contributed by atoms with Gasteiger partial charge < -0.3 is 10.2 Å². The Morgan fingerprint density at radius 1 is 1.10 bits per heavy atom. The average Bonchev–Trinajstić information content (AvgIpc) is 2.91. The Morgan fingerprint density at radius 2 is 1.81 bits per heavy atom. The van der Waals surface area contributed by atoms with Gasteiger partial charge in [0, 0.05) is 24.7 Å². The molecule has 1 saturated carbocycles. The molecule has 4 heteroatoms. The first-order valence-corrected chi connectivity index (χ1v) is 7.89. The highest BCUT2D eigenvalue weighted by Gasteiger charge is 2.38. The molecule has 1 N–H and O–H groups in total. The molecule has 1 heterocycles. The average molecular weight is 286 g/mol. The molecule has 0 unspecified atom stereocenters. The summed E-state index contributed by atoms with van der Waals surface area (Å²) in [6.07, 6.45) is 6.23. The van der Waals surface area contributed by atoms with Gasteiger partial charge in [0.25, 0.3) is 0 Å². The molecule has 0 aromatic heterocycles. The number of rotatable bonds is 3. The van der Waals surface area contributed by atoms with Crippen molar-refractivity contribution in [3.05, 3.63) is 30.3 Å². The van der Waals surface area contributed by atoms with Crippen LogP contribution in [0.5, 0.6) is 0 Å².